The van der Waals surface area contributed by atoms with Crippen molar-refractivity contribution in [1.82, 2.24) is 0 Å². The molecule has 0 spiro atoms. The van der Waals surface area contributed by atoms with Gasteiger partial charge in [-0.25, -0.2) is 0 Å². The van der Waals surface area contributed by atoms with E-state index < -0.39 is 12.1 Å². The summed E-state index contributed by atoms with van der Waals surface area (Å²) in [6, 6.07) is 4.97. The SMILES string of the molecule is CCC1Oc2ccc(C(=O)CCC(=O)O)cc2N(CCC(C)C)C1=O. The zero-order valence-electron chi connectivity index (χ0n) is 14.9. The van der Waals surface area contributed by atoms with Crippen LogP contribution in [0.5, 0.6) is 5.75 Å². The number of ether oxygens (including phenoxy) is 1. The number of carboxylic acids is 1. The minimum Gasteiger partial charge on any atom is -0.481 e. The number of fused-ring (bicyclic) bond motifs is 1. The number of benzene rings is 1. The lowest BCUT2D eigenvalue weighted by Crippen LogP contribution is -2.46. The van der Waals surface area contributed by atoms with Crippen molar-refractivity contribution >= 4 is 23.3 Å². The molecule has 6 heteroatoms. The van der Waals surface area contributed by atoms with Gasteiger partial charge in [0, 0.05) is 18.5 Å². The van der Waals surface area contributed by atoms with E-state index in [1.54, 1.807) is 23.1 Å². The molecule has 0 saturated carbocycles. The minimum absolute atomic E-state index is 0.0630. The number of Topliss-reactive ketones (excluding diaryl/α,β-unsaturated/α-hetero) is 1. The normalized spacial score (nSPS) is 16.6. The van der Waals surface area contributed by atoms with Crippen LogP contribution in [-0.2, 0) is 9.59 Å². The first kappa shape index (κ1) is 19.0. The molecule has 6 nitrogen and oxygen atoms in total. The zero-order chi connectivity index (χ0) is 18.6. The molecule has 0 radical (unpaired) electrons. The fourth-order valence-electron chi connectivity index (χ4n) is 2.74. The summed E-state index contributed by atoms with van der Waals surface area (Å²) in [6.07, 6.45) is 0.648. The van der Waals surface area contributed by atoms with Crippen LogP contribution in [0.15, 0.2) is 18.2 Å². The van der Waals surface area contributed by atoms with Crippen molar-refractivity contribution < 1.29 is 24.2 Å². The number of hydrogen-bond acceptors (Lipinski definition) is 4. The number of carboxylic acid groups (broad SMARTS) is 1. The highest BCUT2D eigenvalue weighted by Crippen LogP contribution is 2.36. The second-order valence-corrected chi connectivity index (χ2v) is 6.69. The second-order valence-electron chi connectivity index (χ2n) is 6.69. The molecule has 0 aromatic heterocycles. The molecule has 1 aliphatic heterocycles. The highest BCUT2D eigenvalue weighted by atomic mass is 16.5. The Morgan fingerprint density at radius 2 is 2.00 bits per heavy atom. The number of ketones is 1. The van der Waals surface area contributed by atoms with Gasteiger partial charge in [0.2, 0.25) is 0 Å². The largest absolute Gasteiger partial charge is 0.481 e. The molecule has 25 heavy (non-hydrogen) atoms. The molecular formula is C19H25NO5. The Hall–Kier alpha value is -2.37. The van der Waals surface area contributed by atoms with Gasteiger partial charge < -0.3 is 14.7 Å². The van der Waals surface area contributed by atoms with Crippen LogP contribution in [0.2, 0.25) is 0 Å². The van der Waals surface area contributed by atoms with Gasteiger partial charge in [0.05, 0.1) is 12.1 Å². The number of nitrogens with zero attached hydrogens (tertiary/aromatic N) is 1. The molecule has 0 fully saturated rings. The monoisotopic (exact) mass is 347 g/mol. The van der Waals surface area contributed by atoms with E-state index in [4.69, 9.17) is 9.84 Å². The molecule has 136 valence electrons. The number of aliphatic carboxylic acids is 1. The summed E-state index contributed by atoms with van der Waals surface area (Å²) < 4.78 is 5.77. The number of rotatable bonds is 8. The first-order chi connectivity index (χ1) is 11.8. The van der Waals surface area contributed by atoms with Crippen LogP contribution in [0.3, 0.4) is 0 Å². The van der Waals surface area contributed by atoms with Gasteiger partial charge >= 0.3 is 5.97 Å². The summed E-state index contributed by atoms with van der Waals surface area (Å²) in [6.45, 7) is 6.65. The summed E-state index contributed by atoms with van der Waals surface area (Å²) in [4.78, 5) is 37.2. The summed E-state index contributed by atoms with van der Waals surface area (Å²) in [5.41, 5.74) is 0.998. The quantitative estimate of drug-likeness (QED) is 0.730. The molecule has 0 bridgehead atoms. The van der Waals surface area contributed by atoms with Crippen LogP contribution in [0.1, 0.15) is 56.8 Å². The van der Waals surface area contributed by atoms with Gasteiger partial charge in [0.1, 0.15) is 5.75 Å². The smallest absolute Gasteiger partial charge is 0.303 e. The molecule has 1 aromatic carbocycles. The fraction of sp³-hybridized carbons (Fsp3) is 0.526. The van der Waals surface area contributed by atoms with E-state index in [1.807, 2.05) is 6.92 Å². The Morgan fingerprint density at radius 3 is 2.60 bits per heavy atom. The van der Waals surface area contributed by atoms with Gasteiger partial charge in [-0.15, -0.1) is 0 Å². The van der Waals surface area contributed by atoms with E-state index in [9.17, 15) is 14.4 Å². The Morgan fingerprint density at radius 1 is 1.28 bits per heavy atom. The summed E-state index contributed by atoms with van der Waals surface area (Å²) in [5.74, 6) is -0.316. The van der Waals surface area contributed by atoms with E-state index in [0.29, 0.717) is 35.9 Å². The summed E-state index contributed by atoms with van der Waals surface area (Å²) >= 11 is 0. The van der Waals surface area contributed by atoms with Crippen molar-refractivity contribution in [3.8, 4) is 5.75 Å². The molecule has 1 N–H and O–H groups in total. The molecule has 1 aromatic rings. The van der Waals surface area contributed by atoms with Crippen molar-refractivity contribution in [1.29, 1.82) is 0 Å². The zero-order valence-corrected chi connectivity index (χ0v) is 14.9. The third-order valence-electron chi connectivity index (χ3n) is 4.25. The van der Waals surface area contributed by atoms with Crippen molar-refractivity contribution in [3.63, 3.8) is 0 Å². The number of hydrogen-bond donors (Lipinski definition) is 1. The Balaban J connectivity index is 2.30. The molecule has 1 heterocycles. The average molecular weight is 347 g/mol. The second kappa shape index (κ2) is 8.14. The van der Waals surface area contributed by atoms with E-state index in [2.05, 4.69) is 13.8 Å². The van der Waals surface area contributed by atoms with Gasteiger partial charge in [-0.3, -0.25) is 14.4 Å². The molecule has 1 atom stereocenters. The van der Waals surface area contributed by atoms with Crippen molar-refractivity contribution in [2.45, 2.75) is 52.6 Å². The Labute approximate surface area is 147 Å². The molecule has 1 amide bonds. The topological polar surface area (TPSA) is 83.9 Å². The maximum atomic E-state index is 12.7. The van der Waals surface area contributed by atoms with Gasteiger partial charge in [0.25, 0.3) is 5.91 Å². The van der Waals surface area contributed by atoms with Gasteiger partial charge in [-0.05, 0) is 37.0 Å². The molecule has 0 aliphatic carbocycles. The lowest BCUT2D eigenvalue weighted by molar-refractivity contribution is -0.137. The molecule has 1 unspecified atom stereocenters. The number of carbonyl (C=O) groups excluding carboxylic acids is 2. The van der Waals surface area contributed by atoms with E-state index in [1.165, 1.54) is 0 Å². The van der Waals surface area contributed by atoms with Crippen LogP contribution in [0.25, 0.3) is 0 Å². The van der Waals surface area contributed by atoms with Crippen LogP contribution >= 0.6 is 0 Å². The van der Waals surface area contributed by atoms with Gasteiger partial charge in [-0.1, -0.05) is 20.8 Å². The lowest BCUT2D eigenvalue weighted by atomic mass is 10.0. The van der Waals surface area contributed by atoms with Crippen LogP contribution in [-0.4, -0.2) is 35.4 Å². The van der Waals surface area contributed by atoms with Crippen LogP contribution in [0.4, 0.5) is 5.69 Å². The maximum Gasteiger partial charge on any atom is 0.303 e. The highest BCUT2D eigenvalue weighted by molar-refractivity contribution is 6.03. The van der Waals surface area contributed by atoms with Crippen molar-refractivity contribution in [2.24, 2.45) is 5.92 Å². The first-order valence-electron chi connectivity index (χ1n) is 8.70. The summed E-state index contributed by atoms with van der Waals surface area (Å²) in [5, 5.41) is 8.73. The third-order valence-corrected chi connectivity index (χ3v) is 4.25. The average Bonchev–Trinajstić information content (AvgIpc) is 2.57. The fourth-order valence-corrected chi connectivity index (χ4v) is 2.74. The third kappa shape index (κ3) is 4.59. The number of amides is 1. The van der Waals surface area contributed by atoms with Crippen LogP contribution in [0, 0.1) is 5.92 Å². The van der Waals surface area contributed by atoms with Gasteiger partial charge in [-0.2, -0.15) is 0 Å². The minimum atomic E-state index is -1.01. The lowest BCUT2D eigenvalue weighted by Gasteiger charge is -2.34. The van der Waals surface area contributed by atoms with Crippen molar-refractivity contribution in [3.05, 3.63) is 23.8 Å². The standard InChI is InChI=1S/C19H25NO5/c1-4-16-19(24)20(10-9-12(2)3)14-11-13(5-7-17(14)25-16)15(21)6-8-18(22)23/h5,7,11-12,16H,4,6,8-10H2,1-3H3,(H,22,23). The predicted molar refractivity (Wildman–Crippen MR) is 94.2 cm³/mol. The number of anilines is 1. The molecule has 0 saturated heterocycles. The first-order valence-corrected chi connectivity index (χ1v) is 8.70. The Bertz CT molecular complexity index is 668. The molecule has 2 rings (SSSR count). The van der Waals surface area contributed by atoms with Crippen LogP contribution < -0.4 is 9.64 Å². The highest BCUT2D eigenvalue weighted by Gasteiger charge is 2.33. The number of carbonyl (C=O) groups is 3. The summed E-state index contributed by atoms with van der Waals surface area (Å²) in [7, 11) is 0. The Kier molecular flexibility index (Phi) is 6.17. The van der Waals surface area contributed by atoms with Gasteiger partial charge in [0.15, 0.2) is 11.9 Å². The predicted octanol–water partition coefficient (Wildman–Crippen LogP) is 3.28. The molecular weight excluding hydrogens is 322 g/mol. The molecule has 1 aliphatic rings. The van der Waals surface area contributed by atoms with E-state index in [0.717, 1.165) is 6.42 Å². The maximum absolute atomic E-state index is 12.7. The van der Waals surface area contributed by atoms with E-state index in [-0.39, 0.29) is 24.5 Å². The van der Waals surface area contributed by atoms with Crippen molar-refractivity contribution in [2.75, 3.05) is 11.4 Å². The van der Waals surface area contributed by atoms with E-state index >= 15 is 0 Å².